The molecule has 1 aromatic carbocycles. The molecule has 27 heavy (non-hydrogen) atoms. The van der Waals surface area contributed by atoms with Crippen molar-refractivity contribution in [1.82, 2.24) is 20.2 Å². The first-order valence-electron chi connectivity index (χ1n) is 9.64. The Kier molecular flexibility index (Phi) is 4.32. The van der Waals surface area contributed by atoms with Crippen LogP contribution in [0.15, 0.2) is 24.3 Å². The van der Waals surface area contributed by atoms with E-state index in [2.05, 4.69) is 15.3 Å². The van der Waals surface area contributed by atoms with Crippen molar-refractivity contribution in [1.29, 1.82) is 0 Å². The third-order valence-electron chi connectivity index (χ3n) is 6.23. The van der Waals surface area contributed by atoms with E-state index in [1.54, 1.807) is 4.90 Å². The fourth-order valence-electron chi connectivity index (χ4n) is 4.69. The molecule has 2 aromatic rings. The third-order valence-corrected chi connectivity index (χ3v) is 6.23. The molecule has 1 aliphatic heterocycles. The lowest BCUT2D eigenvalue weighted by molar-refractivity contribution is -0.149. The van der Waals surface area contributed by atoms with E-state index in [4.69, 9.17) is 0 Å². The summed E-state index contributed by atoms with van der Waals surface area (Å²) < 4.78 is 0. The van der Waals surface area contributed by atoms with Gasteiger partial charge in [-0.05, 0) is 36.8 Å². The van der Waals surface area contributed by atoms with Crippen molar-refractivity contribution in [2.45, 2.75) is 39.2 Å². The fourth-order valence-corrected chi connectivity index (χ4v) is 4.69. The number of para-hydroxylation sites is 2. The van der Waals surface area contributed by atoms with Crippen LogP contribution in [0.1, 0.15) is 45.0 Å². The Morgan fingerprint density at radius 3 is 2.81 bits per heavy atom. The number of H-pyrrole nitrogens is 1. The molecule has 4 rings (SSSR count). The maximum atomic E-state index is 12.9. The van der Waals surface area contributed by atoms with Gasteiger partial charge in [0, 0.05) is 13.1 Å². The van der Waals surface area contributed by atoms with E-state index in [1.807, 2.05) is 38.1 Å². The van der Waals surface area contributed by atoms with Gasteiger partial charge in [-0.2, -0.15) is 0 Å². The van der Waals surface area contributed by atoms with Crippen molar-refractivity contribution in [2.24, 2.45) is 17.3 Å². The monoisotopic (exact) mass is 370 g/mol. The molecular weight excluding hydrogens is 344 g/mol. The predicted octanol–water partition coefficient (Wildman–Crippen LogP) is 3.16. The molecule has 2 heterocycles. The Morgan fingerprint density at radius 1 is 1.37 bits per heavy atom. The lowest BCUT2D eigenvalue weighted by Gasteiger charge is -2.26. The lowest BCUT2D eigenvalue weighted by atomic mass is 9.81. The van der Waals surface area contributed by atoms with Crippen LogP contribution < -0.4 is 5.32 Å². The average Bonchev–Trinajstić information content (AvgIpc) is 3.30. The number of carbonyl (C=O) groups excluding carboxylic acids is 1. The maximum Gasteiger partial charge on any atom is 0.318 e. The zero-order valence-electron chi connectivity index (χ0n) is 15.7. The van der Waals surface area contributed by atoms with E-state index in [1.165, 1.54) is 0 Å². The van der Waals surface area contributed by atoms with Crippen molar-refractivity contribution < 1.29 is 14.7 Å². The molecule has 2 amide bonds. The van der Waals surface area contributed by atoms with Gasteiger partial charge in [0.15, 0.2) is 0 Å². The van der Waals surface area contributed by atoms with Gasteiger partial charge in [0.25, 0.3) is 0 Å². The summed E-state index contributed by atoms with van der Waals surface area (Å²) in [5.74, 6) is 0.166. The summed E-state index contributed by atoms with van der Waals surface area (Å²) in [6.07, 6.45) is 2.47. The molecule has 2 aliphatic rings. The van der Waals surface area contributed by atoms with E-state index in [-0.39, 0.29) is 23.9 Å². The maximum absolute atomic E-state index is 12.9. The topological polar surface area (TPSA) is 98.3 Å². The second-order valence-electron chi connectivity index (χ2n) is 8.24. The quantitative estimate of drug-likeness (QED) is 0.770. The summed E-state index contributed by atoms with van der Waals surface area (Å²) in [5.41, 5.74) is 1.05. The number of imidazole rings is 1. The average molecular weight is 370 g/mol. The van der Waals surface area contributed by atoms with E-state index < -0.39 is 11.4 Å². The van der Waals surface area contributed by atoms with Crippen LogP contribution in [0, 0.1) is 17.3 Å². The van der Waals surface area contributed by atoms with Gasteiger partial charge in [0.1, 0.15) is 5.82 Å². The van der Waals surface area contributed by atoms with Crippen LogP contribution in [0.5, 0.6) is 0 Å². The number of hydrogen-bond donors (Lipinski definition) is 3. The zero-order valence-corrected chi connectivity index (χ0v) is 15.7. The summed E-state index contributed by atoms with van der Waals surface area (Å²) in [7, 11) is 0. The highest BCUT2D eigenvalue weighted by atomic mass is 16.4. The van der Waals surface area contributed by atoms with Gasteiger partial charge in [0.2, 0.25) is 0 Å². The second-order valence-corrected chi connectivity index (χ2v) is 8.24. The van der Waals surface area contributed by atoms with Crippen molar-refractivity contribution >= 4 is 23.0 Å². The highest BCUT2D eigenvalue weighted by Gasteiger charge is 2.56. The Labute approximate surface area is 158 Å². The van der Waals surface area contributed by atoms with E-state index in [0.29, 0.717) is 19.5 Å². The first-order valence-corrected chi connectivity index (χ1v) is 9.64. The number of rotatable bonds is 4. The van der Waals surface area contributed by atoms with Crippen LogP contribution in [-0.4, -0.2) is 45.1 Å². The molecule has 1 saturated heterocycles. The SMILES string of the molecule is CC(C)C(NC(=O)N1C[C@@H]2CCC[C@@]2(C(=O)O)C1)c1nc2ccccc2[nH]1. The molecule has 0 bridgehead atoms. The van der Waals surface area contributed by atoms with E-state index in [0.717, 1.165) is 29.7 Å². The number of urea groups is 1. The number of carbonyl (C=O) groups is 2. The summed E-state index contributed by atoms with van der Waals surface area (Å²) in [5, 5.41) is 12.8. The van der Waals surface area contributed by atoms with Crippen molar-refractivity contribution in [3.05, 3.63) is 30.1 Å². The fraction of sp³-hybridized carbons (Fsp3) is 0.550. The minimum Gasteiger partial charge on any atom is -0.481 e. The van der Waals surface area contributed by atoms with Crippen LogP contribution >= 0.6 is 0 Å². The number of aromatic nitrogens is 2. The Balaban J connectivity index is 1.52. The molecule has 1 saturated carbocycles. The molecule has 7 nitrogen and oxygen atoms in total. The number of carboxylic acids is 1. The number of aliphatic carboxylic acids is 1. The minimum absolute atomic E-state index is 0.0597. The van der Waals surface area contributed by atoms with E-state index >= 15 is 0 Å². The number of benzene rings is 1. The van der Waals surface area contributed by atoms with Crippen LogP contribution in [0.4, 0.5) is 4.79 Å². The van der Waals surface area contributed by atoms with Gasteiger partial charge in [-0.3, -0.25) is 4.79 Å². The molecule has 2 fully saturated rings. The highest BCUT2D eigenvalue weighted by molar-refractivity contribution is 5.81. The zero-order chi connectivity index (χ0) is 19.2. The predicted molar refractivity (Wildman–Crippen MR) is 101 cm³/mol. The molecule has 3 N–H and O–H groups in total. The molecule has 144 valence electrons. The number of amides is 2. The van der Waals surface area contributed by atoms with Crippen molar-refractivity contribution in [3.8, 4) is 0 Å². The van der Waals surface area contributed by atoms with Gasteiger partial charge in [0.05, 0.1) is 22.5 Å². The highest BCUT2D eigenvalue weighted by Crippen LogP contribution is 2.48. The standard InChI is InChI=1S/C20H26N4O3/c1-12(2)16(17-21-14-7-3-4-8-15(14)22-17)23-19(27)24-10-13-6-5-9-20(13,11-24)18(25)26/h3-4,7-8,12-13,16H,5-6,9-11H2,1-2H3,(H,21,22)(H,23,27)(H,25,26)/t13-,16?,20+/m0/s1. The number of nitrogens with zero attached hydrogens (tertiary/aromatic N) is 2. The van der Waals surface area contributed by atoms with Crippen LogP contribution in [-0.2, 0) is 4.79 Å². The molecular formula is C20H26N4O3. The largest absolute Gasteiger partial charge is 0.481 e. The number of nitrogens with one attached hydrogen (secondary N) is 2. The Bertz CT molecular complexity index is 844. The first kappa shape index (κ1) is 17.8. The summed E-state index contributed by atoms with van der Waals surface area (Å²) in [6, 6.07) is 7.32. The smallest absolute Gasteiger partial charge is 0.318 e. The van der Waals surface area contributed by atoms with E-state index in [9.17, 15) is 14.7 Å². The number of fused-ring (bicyclic) bond motifs is 2. The summed E-state index contributed by atoms with van der Waals surface area (Å²) >= 11 is 0. The van der Waals surface area contributed by atoms with Gasteiger partial charge in [-0.1, -0.05) is 32.4 Å². The van der Waals surface area contributed by atoms with Gasteiger partial charge in [-0.25, -0.2) is 9.78 Å². The van der Waals surface area contributed by atoms with Crippen molar-refractivity contribution in [2.75, 3.05) is 13.1 Å². The second kappa shape index (κ2) is 6.55. The Morgan fingerprint density at radius 2 is 2.15 bits per heavy atom. The molecule has 0 spiro atoms. The molecule has 7 heteroatoms. The van der Waals surface area contributed by atoms with Crippen molar-refractivity contribution in [3.63, 3.8) is 0 Å². The van der Waals surface area contributed by atoms with Gasteiger partial charge in [-0.15, -0.1) is 0 Å². The Hall–Kier alpha value is -2.57. The molecule has 1 aliphatic carbocycles. The number of carboxylic acid groups (broad SMARTS) is 1. The van der Waals surface area contributed by atoms with Crippen LogP contribution in [0.3, 0.4) is 0 Å². The molecule has 3 atom stereocenters. The first-order chi connectivity index (χ1) is 12.9. The van der Waals surface area contributed by atoms with Crippen LogP contribution in [0.25, 0.3) is 11.0 Å². The number of hydrogen-bond acceptors (Lipinski definition) is 3. The normalized spacial score (nSPS) is 25.7. The lowest BCUT2D eigenvalue weighted by Crippen LogP contribution is -2.44. The summed E-state index contributed by atoms with van der Waals surface area (Å²) in [4.78, 5) is 34.4. The van der Waals surface area contributed by atoms with Gasteiger partial charge >= 0.3 is 12.0 Å². The van der Waals surface area contributed by atoms with Gasteiger partial charge < -0.3 is 20.3 Å². The number of likely N-dealkylation sites (tertiary alicyclic amines) is 1. The minimum atomic E-state index is -0.766. The molecule has 0 radical (unpaired) electrons. The third kappa shape index (κ3) is 2.95. The van der Waals surface area contributed by atoms with Crippen LogP contribution in [0.2, 0.25) is 0 Å². The number of aromatic amines is 1. The summed E-state index contributed by atoms with van der Waals surface area (Å²) in [6.45, 7) is 4.89. The molecule has 1 unspecified atom stereocenters. The molecule has 1 aromatic heterocycles.